The van der Waals surface area contributed by atoms with Crippen LogP contribution in [0.4, 0.5) is 0 Å². The van der Waals surface area contributed by atoms with Crippen molar-refractivity contribution in [3.8, 4) is 0 Å². The van der Waals surface area contributed by atoms with Gasteiger partial charge in [0.1, 0.15) is 18.9 Å². The number of hydrogen-bond acceptors (Lipinski definition) is 8. The number of aromatic nitrogens is 2. The van der Waals surface area contributed by atoms with Crippen LogP contribution in [0.2, 0.25) is 0 Å². The number of H-pyrrole nitrogens is 1. The van der Waals surface area contributed by atoms with Crippen LogP contribution >= 0.6 is 0 Å². The van der Waals surface area contributed by atoms with E-state index in [2.05, 4.69) is 15.0 Å². The Kier molecular flexibility index (Phi) is 7.00. The molecular formula is C24H21N5O7. The third-order valence-electron chi connectivity index (χ3n) is 5.70. The maximum absolute atomic E-state index is 12.9. The molecule has 1 saturated heterocycles. The quantitative estimate of drug-likeness (QED) is 0.230. The largest absolute Gasteiger partial charge is 0.459 e. The first-order valence-corrected chi connectivity index (χ1v) is 10.9. The molecule has 0 spiro atoms. The van der Waals surface area contributed by atoms with Crippen LogP contribution in [0.5, 0.6) is 0 Å². The predicted octanol–water partition coefficient (Wildman–Crippen LogP) is 2.79. The monoisotopic (exact) mass is 491 g/mol. The van der Waals surface area contributed by atoms with E-state index in [0.717, 1.165) is 10.6 Å². The van der Waals surface area contributed by atoms with Crippen LogP contribution in [0.3, 0.4) is 0 Å². The van der Waals surface area contributed by atoms with E-state index in [1.165, 1.54) is 30.5 Å². The third-order valence-corrected chi connectivity index (χ3v) is 5.70. The second kappa shape index (κ2) is 10.3. The molecule has 3 aromatic rings. The lowest BCUT2D eigenvalue weighted by atomic mass is 9.97. The third kappa shape index (κ3) is 4.90. The van der Waals surface area contributed by atoms with Crippen LogP contribution < -0.4 is 11.2 Å². The number of benzene rings is 2. The molecule has 36 heavy (non-hydrogen) atoms. The Bertz CT molecular complexity index is 1420. The summed E-state index contributed by atoms with van der Waals surface area (Å²) >= 11 is 0. The van der Waals surface area contributed by atoms with Crippen molar-refractivity contribution in [1.29, 1.82) is 0 Å². The van der Waals surface area contributed by atoms with Gasteiger partial charge in [-0.3, -0.25) is 14.3 Å². The van der Waals surface area contributed by atoms with Crippen molar-refractivity contribution in [1.82, 2.24) is 9.55 Å². The minimum atomic E-state index is -2.01. The number of nitrogens with zero attached hydrogens (tertiary/aromatic N) is 4. The number of carbonyl (C=O) groups is 2. The van der Waals surface area contributed by atoms with Crippen molar-refractivity contribution >= 4 is 11.9 Å². The smallest absolute Gasteiger partial charge is 0.338 e. The SMILES string of the molecule is C[C@@H]1[C@H](n2ccc(=O)[nH]c2=O)O[C@@](COC(=O)c2ccccc2)(N=[N+]=[N-])[C@H]1OC(=O)c1ccccc1. The van der Waals surface area contributed by atoms with Gasteiger partial charge in [0.2, 0.25) is 5.72 Å². The van der Waals surface area contributed by atoms with Gasteiger partial charge in [-0.25, -0.2) is 14.4 Å². The van der Waals surface area contributed by atoms with E-state index in [0.29, 0.717) is 0 Å². The van der Waals surface area contributed by atoms with Crippen LogP contribution in [-0.4, -0.2) is 39.9 Å². The lowest BCUT2D eigenvalue weighted by Gasteiger charge is -2.29. The second-order valence-electron chi connectivity index (χ2n) is 8.05. The molecule has 2 heterocycles. The molecule has 0 unspecified atom stereocenters. The van der Waals surface area contributed by atoms with E-state index >= 15 is 0 Å². The predicted molar refractivity (Wildman–Crippen MR) is 125 cm³/mol. The number of hydrogen-bond donors (Lipinski definition) is 1. The highest BCUT2D eigenvalue weighted by Gasteiger charge is 2.57. The number of aromatic amines is 1. The van der Waals surface area contributed by atoms with Gasteiger partial charge in [-0.05, 0) is 29.8 Å². The van der Waals surface area contributed by atoms with Crippen LogP contribution in [0, 0.1) is 5.92 Å². The fraction of sp³-hybridized carbons (Fsp3) is 0.250. The first kappa shape index (κ1) is 24.5. The maximum Gasteiger partial charge on any atom is 0.338 e. The minimum absolute atomic E-state index is 0.227. The summed E-state index contributed by atoms with van der Waals surface area (Å²) in [7, 11) is 0. The van der Waals surface area contributed by atoms with E-state index in [1.54, 1.807) is 43.3 Å². The Hall–Kier alpha value is -4.67. The van der Waals surface area contributed by atoms with E-state index in [-0.39, 0.29) is 11.1 Å². The standard InChI is InChI=1S/C24H21N5O7/c1-15-19(35-22(32)17-10-6-3-7-11-17)24(27-28-25,14-34-21(31)16-8-4-2-5-9-16)36-20(15)29-13-12-18(30)26-23(29)33/h2-13,15,19-20H,14H2,1H3,(H,26,30,33)/t15-,19-,20+,24+/m0/s1. The molecule has 1 N–H and O–H groups in total. The fourth-order valence-corrected chi connectivity index (χ4v) is 3.97. The molecule has 4 atom stereocenters. The molecule has 12 nitrogen and oxygen atoms in total. The van der Waals surface area contributed by atoms with Crippen LogP contribution in [0.15, 0.2) is 87.6 Å². The van der Waals surface area contributed by atoms with Crippen molar-refractivity contribution in [3.05, 3.63) is 115 Å². The van der Waals surface area contributed by atoms with E-state index < -0.39 is 53.8 Å². The van der Waals surface area contributed by atoms with Gasteiger partial charge in [0.15, 0.2) is 0 Å². The normalized spacial score (nSPS) is 22.9. The van der Waals surface area contributed by atoms with Crippen molar-refractivity contribution in [3.63, 3.8) is 0 Å². The molecule has 0 bridgehead atoms. The highest BCUT2D eigenvalue weighted by molar-refractivity contribution is 5.90. The van der Waals surface area contributed by atoms with Crippen LogP contribution in [0.1, 0.15) is 33.9 Å². The van der Waals surface area contributed by atoms with Crippen LogP contribution in [-0.2, 0) is 14.2 Å². The summed E-state index contributed by atoms with van der Waals surface area (Å²) in [5.74, 6) is -2.24. The molecular weight excluding hydrogens is 470 g/mol. The molecule has 12 heteroatoms. The number of ether oxygens (including phenoxy) is 3. The van der Waals surface area contributed by atoms with Gasteiger partial charge in [0, 0.05) is 23.1 Å². The van der Waals surface area contributed by atoms with Crippen molar-refractivity contribution in [2.75, 3.05) is 6.61 Å². The Morgan fingerprint density at radius 1 is 1.06 bits per heavy atom. The zero-order valence-corrected chi connectivity index (χ0v) is 19.0. The average molecular weight is 491 g/mol. The zero-order valence-electron chi connectivity index (χ0n) is 19.0. The molecule has 0 radical (unpaired) electrons. The molecule has 0 aliphatic carbocycles. The molecule has 2 aromatic carbocycles. The molecule has 1 fully saturated rings. The summed E-state index contributed by atoms with van der Waals surface area (Å²) in [5, 5.41) is 3.74. The summed E-state index contributed by atoms with van der Waals surface area (Å²) in [4.78, 5) is 54.5. The summed E-state index contributed by atoms with van der Waals surface area (Å²) in [6, 6.07) is 17.3. The molecule has 1 aromatic heterocycles. The molecule has 1 aliphatic heterocycles. The molecule has 0 saturated carbocycles. The number of azide groups is 1. The highest BCUT2D eigenvalue weighted by atomic mass is 16.6. The average Bonchev–Trinajstić information content (AvgIpc) is 3.15. The van der Waals surface area contributed by atoms with E-state index in [1.807, 2.05) is 0 Å². The van der Waals surface area contributed by atoms with Gasteiger partial charge >= 0.3 is 17.6 Å². The van der Waals surface area contributed by atoms with E-state index in [9.17, 15) is 24.7 Å². The topological polar surface area (TPSA) is 165 Å². The second-order valence-corrected chi connectivity index (χ2v) is 8.05. The molecule has 184 valence electrons. The van der Waals surface area contributed by atoms with Gasteiger partial charge in [-0.1, -0.05) is 48.4 Å². The molecule has 4 rings (SSSR count). The lowest BCUT2D eigenvalue weighted by Crippen LogP contribution is -2.46. The first-order valence-electron chi connectivity index (χ1n) is 10.9. The number of nitrogens with one attached hydrogen (secondary N) is 1. The van der Waals surface area contributed by atoms with E-state index in [4.69, 9.17) is 14.2 Å². The Morgan fingerprint density at radius 2 is 1.67 bits per heavy atom. The Balaban J connectivity index is 1.71. The van der Waals surface area contributed by atoms with Gasteiger partial charge in [-0.15, -0.1) is 0 Å². The summed E-state index contributed by atoms with van der Waals surface area (Å²) in [6.07, 6.45) is -1.20. The van der Waals surface area contributed by atoms with Gasteiger partial charge < -0.3 is 14.2 Å². The molecule has 1 aliphatic rings. The number of rotatable bonds is 7. The summed E-state index contributed by atoms with van der Waals surface area (Å²) in [5.41, 5.74) is 6.41. The minimum Gasteiger partial charge on any atom is -0.459 e. The molecule has 0 amide bonds. The van der Waals surface area contributed by atoms with Gasteiger partial charge in [0.05, 0.1) is 11.1 Å². The number of carbonyl (C=O) groups excluding carboxylic acids is 2. The van der Waals surface area contributed by atoms with Gasteiger partial charge in [0.25, 0.3) is 5.56 Å². The van der Waals surface area contributed by atoms with Crippen molar-refractivity contribution in [2.24, 2.45) is 11.0 Å². The van der Waals surface area contributed by atoms with Crippen molar-refractivity contribution < 1.29 is 23.8 Å². The highest BCUT2D eigenvalue weighted by Crippen LogP contribution is 2.44. The maximum atomic E-state index is 12.9. The summed E-state index contributed by atoms with van der Waals surface area (Å²) in [6.45, 7) is 0.995. The van der Waals surface area contributed by atoms with Crippen molar-refractivity contribution in [2.45, 2.75) is 25.0 Å². The Labute approximate surface area is 203 Å². The summed E-state index contributed by atoms with van der Waals surface area (Å²) < 4.78 is 18.2. The Morgan fingerprint density at radius 3 is 2.25 bits per heavy atom. The first-order chi connectivity index (χ1) is 17.3. The fourth-order valence-electron chi connectivity index (χ4n) is 3.97. The number of esters is 2. The van der Waals surface area contributed by atoms with Gasteiger partial charge in [-0.2, -0.15) is 0 Å². The lowest BCUT2D eigenvalue weighted by molar-refractivity contribution is -0.129. The van der Waals surface area contributed by atoms with Crippen LogP contribution in [0.25, 0.3) is 10.4 Å². The zero-order chi connectivity index (χ0) is 25.7.